The molecule has 0 spiro atoms. The van der Waals surface area contributed by atoms with Gasteiger partial charge < -0.3 is 0 Å². The summed E-state index contributed by atoms with van der Waals surface area (Å²) >= 11 is 0. The number of fused-ring (bicyclic) bond motifs is 4. The van der Waals surface area contributed by atoms with Gasteiger partial charge in [-0.15, -0.1) is 0 Å². The summed E-state index contributed by atoms with van der Waals surface area (Å²) in [4.78, 5) is 8.43. The summed E-state index contributed by atoms with van der Waals surface area (Å²) in [6.07, 6.45) is 3.98. The molecule has 0 fully saturated rings. The van der Waals surface area contributed by atoms with Crippen molar-refractivity contribution in [1.29, 1.82) is 10.5 Å². The summed E-state index contributed by atoms with van der Waals surface area (Å²) in [6, 6.07) is 32.4. The molecule has 4 heteroatoms. The lowest BCUT2D eigenvalue weighted by Gasteiger charge is -2.30. The monoisotopic (exact) mass is 432 g/mol. The van der Waals surface area contributed by atoms with Crippen molar-refractivity contribution in [1.82, 2.24) is 0 Å². The molecular weight excluding hydrogens is 416 g/mol. The van der Waals surface area contributed by atoms with Gasteiger partial charge in [0.05, 0.1) is 11.4 Å². The lowest BCUT2D eigenvalue weighted by atomic mass is 9.72. The van der Waals surface area contributed by atoms with Gasteiger partial charge >= 0.3 is 0 Å². The third kappa shape index (κ3) is 2.77. The molecular formula is C30H16N4. The van der Waals surface area contributed by atoms with E-state index in [9.17, 15) is 10.5 Å². The number of hydrogen-bond donors (Lipinski definition) is 0. The van der Waals surface area contributed by atoms with Gasteiger partial charge in [0.25, 0.3) is 0 Å². The summed E-state index contributed by atoms with van der Waals surface area (Å²) in [6.45, 7) is 0. The first-order chi connectivity index (χ1) is 16.8. The van der Waals surface area contributed by atoms with Crippen molar-refractivity contribution in [2.45, 2.75) is 0 Å². The Balaban J connectivity index is 1.83. The van der Waals surface area contributed by atoms with Gasteiger partial charge in [0.15, 0.2) is 0 Å². The van der Waals surface area contributed by atoms with Crippen LogP contribution in [0.1, 0.15) is 44.5 Å². The molecule has 34 heavy (non-hydrogen) atoms. The first-order valence-corrected chi connectivity index (χ1v) is 10.9. The number of rotatable bonds is 0. The Morgan fingerprint density at radius 1 is 0.382 bits per heavy atom. The Morgan fingerprint density at radius 2 is 0.618 bits per heavy atom. The Bertz CT molecular complexity index is 1440. The standard InChI is InChI=1S/C30H16N4/c31-17-33-29-23-13-5-1-9-19(23)27(20-10-2-6-14-24(20)29)28-21-11-3-7-15-25(21)30(34-18-32)26-16-8-4-12-22(26)28/h1-16H. The van der Waals surface area contributed by atoms with E-state index in [-0.39, 0.29) is 0 Å². The van der Waals surface area contributed by atoms with Gasteiger partial charge in [0.2, 0.25) is 12.4 Å². The number of nitrogens with zero attached hydrogens (tertiary/aromatic N) is 4. The molecule has 0 aliphatic heterocycles. The molecule has 0 N–H and O–H groups in total. The second kappa shape index (κ2) is 7.81. The van der Waals surface area contributed by atoms with E-state index in [0.29, 0.717) is 11.4 Å². The highest BCUT2D eigenvalue weighted by molar-refractivity contribution is 6.29. The largest absolute Gasteiger partial charge is 0.206 e. The molecule has 2 aliphatic rings. The van der Waals surface area contributed by atoms with E-state index in [4.69, 9.17) is 0 Å². The van der Waals surface area contributed by atoms with E-state index in [1.54, 1.807) is 0 Å². The van der Waals surface area contributed by atoms with Crippen molar-refractivity contribution >= 4 is 22.6 Å². The van der Waals surface area contributed by atoms with E-state index < -0.39 is 0 Å². The van der Waals surface area contributed by atoms with E-state index in [1.165, 1.54) is 0 Å². The van der Waals surface area contributed by atoms with E-state index >= 15 is 0 Å². The van der Waals surface area contributed by atoms with Gasteiger partial charge in [-0.3, -0.25) is 0 Å². The molecule has 0 bridgehead atoms. The molecule has 4 aromatic rings. The van der Waals surface area contributed by atoms with Crippen LogP contribution in [0.4, 0.5) is 0 Å². The predicted octanol–water partition coefficient (Wildman–Crippen LogP) is 5.96. The molecule has 0 atom stereocenters. The van der Waals surface area contributed by atoms with Crippen LogP contribution in [0.25, 0.3) is 11.1 Å². The Morgan fingerprint density at radius 3 is 0.853 bits per heavy atom. The number of nitriles is 2. The third-order valence-corrected chi connectivity index (χ3v) is 6.38. The molecule has 0 saturated heterocycles. The fraction of sp³-hybridized carbons (Fsp3) is 0. The van der Waals surface area contributed by atoms with Gasteiger partial charge in [0.1, 0.15) is 0 Å². The minimum atomic E-state index is 0.683. The van der Waals surface area contributed by atoms with Gasteiger partial charge in [-0.1, -0.05) is 97.1 Å². The molecule has 6 rings (SSSR count). The van der Waals surface area contributed by atoms with Crippen molar-refractivity contribution in [3.05, 3.63) is 142 Å². The molecule has 0 aromatic heterocycles. The summed E-state index contributed by atoms with van der Waals surface area (Å²) in [7, 11) is 0. The van der Waals surface area contributed by atoms with Gasteiger partial charge in [-0.25, -0.2) is 0 Å². The summed E-state index contributed by atoms with van der Waals surface area (Å²) in [5.74, 6) is 0. The van der Waals surface area contributed by atoms with E-state index in [0.717, 1.165) is 55.7 Å². The van der Waals surface area contributed by atoms with Crippen LogP contribution in [-0.2, 0) is 0 Å². The molecule has 0 saturated carbocycles. The van der Waals surface area contributed by atoms with Crippen molar-refractivity contribution in [3.8, 4) is 12.4 Å². The van der Waals surface area contributed by atoms with Crippen LogP contribution < -0.4 is 0 Å². The highest BCUT2D eigenvalue weighted by atomic mass is 14.7. The molecule has 0 radical (unpaired) electrons. The second-order valence-electron chi connectivity index (χ2n) is 8.05. The molecule has 0 unspecified atom stereocenters. The first kappa shape index (κ1) is 19.6. The fourth-order valence-electron chi connectivity index (χ4n) is 5.09. The van der Waals surface area contributed by atoms with Gasteiger partial charge in [0, 0.05) is 22.3 Å². The SMILES string of the molecule is N#CN=C1c2ccccc2C(=C2c3ccccc3C(=NC#N)c3ccccc32)c2ccccc21. The van der Waals surface area contributed by atoms with Crippen LogP contribution in [0.5, 0.6) is 0 Å². The molecule has 0 amide bonds. The number of aliphatic imine (C=N–C) groups is 2. The fourth-order valence-corrected chi connectivity index (χ4v) is 5.09. The summed E-state index contributed by atoms with van der Waals surface area (Å²) in [5.41, 5.74) is 11.3. The minimum absolute atomic E-state index is 0.683. The minimum Gasteiger partial charge on any atom is -0.172 e. The Hall–Kier alpha value is -5.06. The zero-order valence-electron chi connectivity index (χ0n) is 18.0. The maximum atomic E-state index is 9.44. The van der Waals surface area contributed by atoms with Crippen molar-refractivity contribution in [3.63, 3.8) is 0 Å². The van der Waals surface area contributed by atoms with Crippen LogP contribution in [0.15, 0.2) is 107 Å². The predicted molar refractivity (Wildman–Crippen MR) is 133 cm³/mol. The number of hydrogen-bond acceptors (Lipinski definition) is 4. The topological polar surface area (TPSA) is 72.3 Å². The van der Waals surface area contributed by atoms with E-state index in [2.05, 4.69) is 34.3 Å². The summed E-state index contributed by atoms with van der Waals surface area (Å²) < 4.78 is 0. The van der Waals surface area contributed by atoms with Crippen molar-refractivity contribution in [2.24, 2.45) is 9.98 Å². The van der Waals surface area contributed by atoms with E-state index in [1.807, 2.05) is 85.2 Å². The van der Waals surface area contributed by atoms with Crippen LogP contribution in [0.3, 0.4) is 0 Å². The molecule has 4 aromatic carbocycles. The lowest BCUT2D eigenvalue weighted by molar-refractivity contribution is 1.37. The van der Waals surface area contributed by atoms with Crippen LogP contribution in [-0.4, -0.2) is 11.4 Å². The zero-order valence-corrected chi connectivity index (χ0v) is 18.0. The van der Waals surface area contributed by atoms with Crippen LogP contribution in [0, 0.1) is 22.9 Å². The summed E-state index contributed by atoms with van der Waals surface area (Å²) in [5, 5.41) is 18.9. The molecule has 2 aliphatic carbocycles. The molecule has 156 valence electrons. The highest BCUT2D eigenvalue weighted by Crippen LogP contribution is 2.46. The van der Waals surface area contributed by atoms with Crippen LogP contribution >= 0.6 is 0 Å². The van der Waals surface area contributed by atoms with Gasteiger partial charge in [-0.05, 0) is 33.4 Å². The Kier molecular flexibility index (Phi) is 4.51. The maximum absolute atomic E-state index is 9.44. The maximum Gasteiger partial charge on any atom is 0.206 e. The average Bonchev–Trinajstić information content (AvgIpc) is 2.89. The normalized spacial score (nSPS) is 13.0. The second-order valence-corrected chi connectivity index (χ2v) is 8.05. The lowest BCUT2D eigenvalue weighted by Crippen LogP contribution is -2.20. The molecule has 0 heterocycles. The smallest absolute Gasteiger partial charge is 0.172 e. The zero-order chi connectivity index (χ0) is 23.1. The quantitative estimate of drug-likeness (QED) is 0.278. The van der Waals surface area contributed by atoms with Crippen LogP contribution in [0.2, 0.25) is 0 Å². The highest BCUT2D eigenvalue weighted by Gasteiger charge is 2.32. The average molecular weight is 432 g/mol. The molecule has 4 nitrogen and oxygen atoms in total. The first-order valence-electron chi connectivity index (χ1n) is 10.9. The third-order valence-electron chi connectivity index (χ3n) is 6.38. The number of benzene rings is 4. The van der Waals surface area contributed by atoms with Crippen molar-refractivity contribution in [2.75, 3.05) is 0 Å². The Labute approximate surface area is 197 Å². The van der Waals surface area contributed by atoms with Gasteiger partial charge in [-0.2, -0.15) is 20.5 Å². The van der Waals surface area contributed by atoms with Crippen molar-refractivity contribution < 1.29 is 0 Å².